The van der Waals surface area contributed by atoms with Gasteiger partial charge in [-0.2, -0.15) is 0 Å². The molecule has 1 saturated carbocycles. The summed E-state index contributed by atoms with van der Waals surface area (Å²) in [6.45, 7) is 2.40. The first-order chi connectivity index (χ1) is 9.74. The Labute approximate surface area is 118 Å². The van der Waals surface area contributed by atoms with Crippen molar-refractivity contribution in [1.82, 2.24) is 14.5 Å². The van der Waals surface area contributed by atoms with Crippen LogP contribution in [-0.4, -0.2) is 33.4 Å². The molecule has 5 nitrogen and oxygen atoms in total. The summed E-state index contributed by atoms with van der Waals surface area (Å²) in [7, 11) is 0. The van der Waals surface area contributed by atoms with Gasteiger partial charge >= 0.3 is 0 Å². The van der Waals surface area contributed by atoms with Crippen molar-refractivity contribution in [3.63, 3.8) is 0 Å². The molecule has 0 atom stereocenters. The highest BCUT2D eigenvalue weighted by Crippen LogP contribution is 2.30. The number of aromatic nitrogens is 2. The molecule has 2 fully saturated rings. The van der Waals surface area contributed by atoms with E-state index in [-0.39, 0.29) is 5.56 Å². The fraction of sp³-hybridized carbons (Fsp3) is 0.667. The van der Waals surface area contributed by atoms with E-state index in [1.54, 1.807) is 10.9 Å². The van der Waals surface area contributed by atoms with Crippen LogP contribution in [0.25, 0.3) is 0 Å². The molecule has 2 aliphatic rings. The Hall–Kier alpha value is -1.65. The normalized spacial score (nSPS) is 20.7. The Bertz CT molecular complexity index is 528. The van der Waals surface area contributed by atoms with Gasteiger partial charge in [-0.1, -0.05) is 6.42 Å². The zero-order valence-corrected chi connectivity index (χ0v) is 11.7. The van der Waals surface area contributed by atoms with Gasteiger partial charge in [0.05, 0.1) is 6.33 Å². The minimum atomic E-state index is 0.00738. The van der Waals surface area contributed by atoms with Crippen LogP contribution in [0.3, 0.4) is 0 Å². The van der Waals surface area contributed by atoms with Crippen LogP contribution in [0.1, 0.15) is 32.1 Å². The zero-order valence-electron chi connectivity index (χ0n) is 11.7. The van der Waals surface area contributed by atoms with Crippen molar-refractivity contribution < 1.29 is 4.79 Å². The third-order valence-electron chi connectivity index (χ3n) is 4.63. The summed E-state index contributed by atoms with van der Waals surface area (Å²) in [5.41, 5.74) is 0.00738. The molecule has 1 aliphatic carbocycles. The van der Waals surface area contributed by atoms with E-state index in [0.717, 1.165) is 45.3 Å². The highest BCUT2D eigenvalue weighted by molar-refractivity contribution is 5.79. The number of rotatable bonds is 3. The molecular weight excluding hydrogens is 254 g/mol. The molecule has 5 heteroatoms. The minimum absolute atomic E-state index is 0.00738. The summed E-state index contributed by atoms with van der Waals surface area (Å²) in [6.07, 6.45) is 8.46. The summed E-state index contributed by atoms with van der Waals surface area (Å²) in [6, 6.07) is 1.50. The molecule has 0 unspecified atom stereocenters. The number of piperidine rings is 1. The van der Waals surface area contributed by atoms with Crippen molar-refractivity contribution in [2.75, 3.05) is 13.1 Å². The van der Waals surface area contributed by atoms with Gasteiger partial charge in [0.1, 0.15) is 0 Å². The highest BCUT2D eigenvalue weighted by atomic mass is 16.2. The van der Waals surface area contributed by atoms with Gasteiger partial charge in [-0.3, -0.25) is 14.2 Å². The van der Waals surface area contributed by atoms with Gasteiger partial charge in [-0.15, -0.1) is 0 Å². The second-order valence-electron chi connectivity index (χ2n) is 5.97. The molecule has 3 rings (SSSR count). The maximum atomic E-state index is 12.2. The number of hydrogen-bond acceptors (Lipinski definition) is 3. The SMILES string of the molecule is O=C(C1CCC1)N1CCC(Cn2cnccc2=O)CC1. The van der Waals surface area contributed by atoms with Crippen molar-refractivity contribution in [2.45, 2.75) is 38.6 Å². The van der Waals surface area contributed by atoms with Crippen LogP contribution >= 0.6 is 0 Å². The largest absolute Gasteiger partial charge is 0.342 e. The van der Waals surface area contributed by atoms with E-state index >= 15 is 0 Å². The lowest BCUT2D eigenvalue weighted by molar-refractivity contribution is -0.139. The predicted octanol–water partition coefficient (Wildman–Crippen LogP) is 1.28. The summed E-state index contributed by atoms with van der Waals surface area (Å²) in [4.78, 5) is 29.8. The number of hydrogen-bond donors (Lipinski definition) is 0. The van der Waals surface area contributed by atoms with Gasteiger partial charge in [0.2, 0.25) is 5.91 Å². The van der Waals surface area contributed by atoms with Gasteiger partial charge in [0, 0.05) is 37.8 Å². The zero-order chi connectivity index (χ0) is 13.9. The van der Waals surface area contributed by atoms with Gasteiger partial charge in [-0.25, -0.2) is 4.98 Å². The Balaban J connectivity index is 1.52. The van der Waals surface area contributed by atoms with E-state index in [2.05, 4.69) is 4.98 Å². The standard InChI is InChI=1S/C15H21N3O2/c19-14-4-7-16-11-18(14)10-12-5-8-17(9-6-12)15(20)13-2-1-3-13/h4,7,11-13H,1-3,5-6,8-10H2. The van der Waals surface area contributed by atoms with Crippen LogP contribution in [0.15, 0.2) is 23.4 Å². The first-order valence-electron chi connectivity index (χ1n) is 7.53. The molecule has 1 aromatic heterocycles. The van der Waals surface area contributed by atoms with Gasteiger partial charge in [0.15, 0.2) is 0 Å². The van der Waals surface area contributed by atoms with Crippen molar-refractivity contribution in [3.8, 4) is 0 Å². The number of likely N-dealkylation sites (tertiary alicyclic amines) is 1. The second kappa shape index (κ2) is 5.77. The maximum absolute atomic E-state index is 12.2. The van der Waals surface area contributed by atoms with Crippen molar-refractivity contribution in [1.29, 1.82) is 0 Å². The Kier molecular flexibility index (Phi) is 3.85. The molecule has 0 aromatic carbocycles. The van der Waals surface area contributed by atoms with Crippen LogP contribution in [-0.2, 0) is 11.3 Å². The van der Waals surface area contributed by atoms with Gasteiger partial charge < -0.3 is 4.90 Å². The molecule has 1 saturated heterocycles. The minimum Gasteiger partial charge on any atom is -0.342 e. The molecule has 2 heterocycles. The van der Waals surface area contributed by atoms with Crippen LogP contribution in [0.2, 0.25) is 0 Å². The predicted molar refractivity (Wildman–Crippen MR) is 75.1 cm³/mol. The van der Waals surface area contributed by atoms with E-state index in [1.807, 2.05) is 4.90 Å². The topological polar surface area (TPSA) is 55.2 Å². The van der Waals surface area contributed by atoms with Crippen molar-refractivity contribution in [3.05, 3.63) is 28.9 Å². The number of carbonyl (C=O) groups excluding carboxylic acids is 1. The molecule has 0 spiro atoms. The van der Waals surface area contributed by atoms with Gasteiger partial charge in [-0.05, 0) is 31.6 Å². The summed E-state index contributed by atoms with van der Waals surface area (Å²) in [5.74, 6) is 1.13. The van der Waals surface area contributed by atoms with E-state index in [4.69, 9.17) is 0 Å². The van der Waals surface area contributed by atoms with E-state index < -0.39 is 0 Å². The van der Waals surface area contributed by atoms with Crippen LogP contribution < -0.4 is 5.56 Å². The molecule has 0 radical (unpaired) electrons. The lowest BCUT2D eigenvalue weighted by atomic mass is 9.83. The molecule has 1 aliphatic heterocycles. The lowest BCUT2D eigenvalue weighted by Gasteiger charge is -2.36. The number of nitrogens with zero attached hydrogens (tertiary/aromatic N) is 3. The van der Waals surface area contributed by atoms with Crippen LogP contribution in [0.4, 0.5) is 0 Å². The average Bonchev–Trinajstić information content (AvgIpc) is 2.40. The molecular formula is C15H21N3O2. The monoisotopic (exact) mass is 275 g/mol. The summed E-state index contributed by atoms with van der Waals surface area (Å²) in [5, 5.41) is 0. The average molecular weight is 275 g/mol. The molecule has 1 aromatic rings. The fourth-order valence-corrected chi connectivity index (χ4v) is 3.04. The number of amides is 1. The smallest absolute Gasteiger partial charge is 0.253 e. The molecule has 20 heavy (non-hydrogen) atoms. The highest BCUT2D eigenvalue weighted by Gasteiger charge is 2.31. The van der Waals surface area contributed by atoms with E-state index in [0.29, 0.717) is 17.7 Å². The number of carbonyl (C=O) groups is 1. The summed E-state index contributed by atoms with van der Waals surface area (Å²) < 4.78 is 1.67. The Morgan fingerprint density at radius 1 is 1.25 bits per heavy atom. The van der Waals surface area contributed by atoms with E-state index in [1.165, 1.54) is 18.7 Å². The van der Waals surface area contributed by atoms with E-state index in [9.17, 15) is 9.59 Å². The molecule has 1 amide bonds. The molecule has 108 valence electrons. The quantitative estimate of drug-likeness (QED) is 0.835. The van der Waals surface area contributed by atoms with Gasteiger partial charge in [0.25, 0.3) is 5.56 Å². The molecule has 0 bridgehead atoms. The van der Waals surface area contributed by atoms with Crippen LogP contribution in [0, 0.1) is 11.8 Å². The Morgan fingerprint density at radius 2 is 2.00 bits per heavy atom. The lowest BCUT2D eigenvalue weighted by Crippen LogP contribution is -2.44. The maximum Gasteiger partial charge on any atom is 0.253 e. The van der Waals surface area contributed by atoms with Crippen LogP contribution in [0.5, 0.6) is 0 Å². The fourth-order valence-electron chi connectivity index (χ4n) is 3.04. The van der Waals surface area contributed by atoms with Crippen molar-refractivity contribution >= 4 is 5.91 Å². The third kappa shape index (κ3) is 2.76. The third-order valence-corrected chi connectivity index (χ3v) is 4.63. The Morgan fingerprint density at radius 3 is 2.60 bits per heavy atom. The first-order valence-corrected chi connectivity index (χ1v) is 7.53. The first kappa shape index (κ1) is 13.3. The van der Waals surface area contributed by atoms with Crippen molar-refractivity contribution in [2.24, 2.45) is 11.8 Å². The second-order valence-corrected chi connectivity index (χ2v) is 5.97. The summed E-state index contributed by atoms with van der Waals surface area (Å²) >= 11 is 0. The molecule has 0 N–H and O–H groups in total.